The summed E-state index contributed by atoms with van der Waals surface area (Å²) in [5, 5.41) is 11.4. The van der Waals surface area contributed by atoms with Crippen molar-refractivity contribution in [2.75, 3.05) is 5.75 Å². The molecule has 0 heterocycles. The first-order chi connectivity index (χ1) is 8.97. The van der Waals surface area contributed by atoms with Crippen molar-refractivity contribution in [1.82, 2.24) is 5.32 Å². The van der Waals surface area contributed by atoms with E-state index in [2.05, 4.69) is 5.32 Å². The van der Waals surface area contributed by atoms with Crippen LogP contribution in [0.5, 0.6) is 0 Å². The van der Waals surface area contributed by atoms with E-state index in [-0.39, 0.29) is 17.6 Å². The van der Waals surface area contributed by atoms with Gasteiger partial charge in [0.1, 0.15) is 0 Å². The Morgan fingerprint density at radius 2 is 1.95 bits per heavy atom. The highest BCUT2D eigenvalue weighted by Crippen LogP contribution is 2.13. The molecule has 2 N–H and O–H groups in total. The maximum absolute atomic E-state index is 11.6. The Labute approximate surface area is 117 Å². The predicted octanol–water partition coefficient (Wildman–Crippen LogP) is 2.21. The van der Waals surface area contributed by atoms with Gasteiger partial charge in [-0.1, -0.05) is 36.8 Å². The van der Waals surface area contributed by atoms with Gasteiger partial charge in [-0.2, -0.15) is 0 Å². The maximum Gasteiger partial charge on any atom is 0.304 e. The Kier molecular flexibility index (Phi) is 6.42. The van der Waals surface area contributed by atoms with Crippen LogP contribution in [-0.4, -0.2) is 28.0 Å². The summed E-state index contributed by atoms with van der Waals surface area (Å²) < 4.78 is 0. The lowest BCUT2D eigenvalue weighted by molar-refractivity contribution is -0.136. The van der Waals surface area contributed by atoms with E-state index in [1.165, 1.54) is 17.3 Å². The molecule has 19 heavy (non-hydrogen) atoms. The average molecular weight is 281 g/mol. The average Bonchev–Trinajstić information content (AvgIpc) is 2.35. The molecule has 0 radical (unpaired) electrons. The van der Waals surface area contributed by atoms with Crippen molar-refractivity contribution >= 4 is 23.6 Å². The second-order valence-electron chi connectivity index (χ2n) is 4.48. The lowest BCUT2D eigenvalue weighted by Gasteiger charge is -2.09. The summed E-state index contributed by atoms with van der Waals surface area (Å²) >= 11 is 1.36. The molecule has 0 spiro atoms. The van der Waals surface area contributed by atoms with Crippen LogP contribution in [0.1, 0.15) is 24.5 Å². The molecule has 1 atom stereocenters. The van der Waals surface area contributed by atoms with Crippen LogP contribution in [0.3, 0.4) is 0 Å². The van der Waals surface area contributed by atoms with E-state index in [1.807, 2.05) is 38.1 Å². The highest BCUT2D eigenvalue weighted by atomic mass is 32.2. The molecule has 0 aliphatic rings. The quantitative estimate of drug-likeness (QED) is 0.804. The van der Waals surface area contributed by atoms with Crippen molar-refractivity contribution < 1.29 is 14.7 Å². The van der Waals surface area contributed by atoms with Gasteiger partial charge in [0.25, 0.3) is 0 Å². The fourth-order valence-corrected chi connectivity index (χ4v) is 2.28. The number of nitrogens with one attached hydrogen (secondary N) is 1. The molecule has 5 heteroatoms. The summed E-state index contributed by atoms with van der Waals surface area (Å²) in [6.45, 7) is 4.34. The highest BCUT2D eigenvalue weighted by Gasteiger charge is 2.10. The number of benzene rings is 1. The van der Waals surface area contributed by atoms with Crippen molar-refractivity contribution in [2.24, 2.45) is 0 Å². The molecule has 1 amide bonds. The summed E-state index contributed by atoms with van der Waals surface area (Å²) in [6.07, 6.45) is 0.0793. The van der Waals surface area contributed by atoms with E-state index in [0.717, 1.165) is 5.56 Å². The summed E-state index contributed by atoms with van der Waals surface area (Å²) in [4.78, 5) is 22.1. The molecule has 0 aliphatic carbocycles. The first-order valence-corrected chi connectivity index (χ1v) is 7.18. The van der Waals surface area contributed by atoms with Crippen LogP contribution in [0.4, 0.5) is 0 Å². The van der Waals surface area contributed by atoms with Crippen LogP contribution in [0, 0.1) is 6.92 Å². The number of aliphatic carboxylic acids is 1. The Balaban J connectivity index is 2.24. The van der Waals surface area contributed by atoms with Gasteiger partial charge in [-0.05, 0) is 12.5 Å². The number of hydrogen-bond donors (Lipinski definition) is 2. The molecular weight excluding hydrogens is 262 g/mol. The van der Waals surface area contributed by atoms with E-state index in [0.29, 0.717) is 12.3 Å². The van der Waals surface area contributed by atoms with Crippen LogP contribution < -0.4 is 5.32 Å². The van der Waals surface area contributed by atoms with Crippen molar-refractivity contribution in [2.45, 2.75) is 32.1 Å². The molecule has 0 bridgehead atoms. The molecule has 1 rings (SSSR count). The summed E-state index contributed by atoms with van der Waals surface area (Å²) in [5.41, 5.74) is 2.25. The van der Waals surface area contributed by atoms with Crippen molar-refractivity contribution in [1.29, 1.82) is 0 Å². The third kappa shape index (κ3) is 6.86. The zero-order valence-electron chi connectivity index (χ0n) is 11.2. The fourth-order valence-electron chi connectivity index (χ4n) is 1.48. The van der Waals surface area contributed by atoms with Gasteiger partial charge in [0, 0.05) is 11.8 Å². The highest BCUT2D eigenvalue weighted by molar-refractivity contribution is 8.00. The standard InChI is InChI=1S/C14H19NO3S/c1-10-3-5-12(6-4-10)8-15-13(16)9-19-11(2)7-14(17)18/h3-6,11H,7-9H2,1-2H3,(H,15,16)(H,17,18). The number of rotatable bonds is 7. The van der Waals surface area contributed by atoms with Gasteiger partial charge in [0.2, 0.25) is 5.91 Å². The van der Waals surface area contributed by atoms with Crippen LogP contribution in [0.25, 0.3) is 0 Å². The molecule has 1 aromatic carbocycles. The number of carbonyl (C=O) groups is 2. The molecule has 1 unspecified atom stereocenters. The fraction of sp³-hybridized carbons (Fsp3) is 0.429. The minimum atomic E-state index is -0.833. The third-order valence-corrected chi connectivity index (χ3v) is 3.74. The number of amides is 1. The zero-order valence-corrected chi connectivity index (χ0v) is 12.0. The number of thioether (sulfide) groups is 1. The number of carboxylic acids is 1. The second-order valence-corrected chi connectivity index (χ2v) is 5.91. The predicted molar refractivity (Wildman–Crippen MR) is 77.2 cm³/mol. The Hall–Kier alpha value is -1.49. The summed E-state index contributed by atoms with van der Waals surface area (Å²) in [5.74, 6) is -0.608. The van der Waals surface area contributed by atoms with Gasteiger partial charge < -0.3 is 10.4 Å². The lowest BCUT2D eigenvalue weighted by atomic mass is 10.1. The summed E-state index contributed by atoms with van der Waals surface area (Å²) in [6, 6.07) is 7.97. The zero-order chi connectivity index (χ0) is 14.3. The van der Waals surface area contributed by atoms with Crippen molar-refractivity contribution in [3.8, 4) is 0 Å². The van der Waals surface area contributed by atoms with Crippen LogP contribution in [0.15, 0.2) is 24.3 Å². The molecule has 0 saturated heterocycles. The normalized spacial score (nSPS) is 11.9. The molecule has 0 aliphatic heterocycles. The van der Waals surface area contributed by atoms with E-state index in [9.17, 15) is 9.59 Å². The largest absolute Gasteiger partial charge is 0.481 e. The smallest absolute Gasteiger partial charge is 0.304 e. The first-order valence-electron chi connectivity index (χ1n) is 6.13. The minimum absolute atomic E-state index is 0.0531. The monoisotopic (exact) mass is 281 g/mol. The lowest BCUT2D eigenvalue weighted by Crippen LogP contribution is -2.25. The van der Waals surface area contributed by atoms with Gasteiger partial charge in [-0.25, -0.2) is 0 Å². The van der Waals surface area contributed by atoms with Gasteiger partial charge in [-0.3, -0.25) is 9.59 Å². The molecule has 4 nitrogen and oxygen atoms in total. The molecular formula is C14H19NO3S. The van der Waals surface area contributed by atoms with E-state index >= 15 is 0 Å². The topological polar surface area (TPSA) is 66.4 Å². The van der Waals surface area contributed by atoms with Crippen LogP contribution >= 0.6 is 11.8 Å². The molecule has 0 fully saturated rings. The second kappa shape index (κ2) is 7.84. The molecule has 0 saturated carbocycles. The van der Waals surface area contributed by atoms with Gasteiger partial charge >= 0.3 is 5.97 Å². The SMILES string of the molecule is Cc1ccc(CNC(=O)CSC(C)CC(=O)O)cc1. The minimum Gasteiger partial charge on any atom is -0.481 e. The Morgan fingerprint density at radius 3 is 2.53 bits per heavy atom. The Morgan fingerprint density at radius 1 is 1.32 bits per heavy atom. The number of carboxylic acid groups (broad SMARTS) is 1. The van der Waals surface area contributed by atoms with Gasteiger partial charge in [0.15, 0.2) is 0 Å². The maximum atomic E-state index is 11.6. The molecule has 104 valence electrons. The van der Waals surface area contributed by atoms with Gasteiger partial charge in [0.05, 0.1) is 12.2 Å². The van der Waals surface area contributed by atoms with E-state index < -0.39 is 5.97 Å². The van der Waals surface area contributed by atoms with Gasteiger partial charge in [-0.15, -0.1) is 11.8 Å². The number of aryl methyl sites for hydroxylation is 1. The van der Waals surface area contributed by atoms with Crippen molar-refractivity contribution in [3.05, 3.63) is 35.4 Å². The summed E-state index contributed by atoms with van der Waals surface area (Å²) in [7, 11) is 0. The van der Waals surface area contributed by atoms with Crippen molar-refractivity contribution in [3.63, 3.8) is 0 Å². The third-order valence-electron chi connectivity index (χ3n) is 2.57. The first kappa shape index (κ1) is 15.6. The number of carbonyl (C=O) groups excluding carboxylic acids is 1. The number of hydrogen-bond acceptors (Lipinski definition) is 3. The van der Waals surface area contributed by atoms with Crippen LogP contribution in [0.2, 0.25) is 0 Å². The van der Waals surface area contributed by atoms with E-state index in [1.54, 1.807) is 0 Å². The van der Waals surface area contributed by atoms with E-state index in [4.69, 9.17) is 5.11 Å². The van der Waals surface area contributed by atoms with Crippen LogP contribution in [-0.2, 0) is 16.1 Å². The Bertz CT molecular complexity index is 431. The molecule has 0 aromatic heterocycles. The molecule has 1 aromatic rings.